The summed E-state index contributed by atoms with van der Waals surface area (Å²) in [5.74, 6) is 0.885. The molecule has 1 aromatic carbocycles. The standard InChI is InChI=1S/C16H26N2O2/c1-16(12-17,18-11-15-4-3-9-20-15)10-13-5-7-14(19-2)8-6-13/h5-8,15,18H,3-4,9-12,17H2,1-2H3. The molecule has 0 radical (unpaired) electrons. The maximum Gasteiger partial charge on any atom is 0.118 e. The van der Waals surface area contributed by atoms with Gasteiger partial charge in [0.2, 0.25) is 0 Å². The fourth-order valence-corrected chi connectivity index (χ4v) is 2.57. The zero-order valence-corrected chi connectivity index (χ0v) is 12.5. The van der Waals surface area contributed by atoms with Crippen LogP contribution in [-0.4, -0.2) is 38.4 Å². The van der Waals surface area contributed by atoms with Crippen LogP contribution in [0, 0.1) is 0 Å². The SMILES string of the molecule is COc1ccc(CC(C)(CN)NCC2CCCO2)cc1. The first-order chi connectivity index (χ1) is 9.65. The summed E-state index contributed by atoms with van der Waals surface area (Å²) in [6.45, 7) is 4.55. The minimum Gasteiger partial charge on any atom is -0.497 e. The van der Waals surface area contributed by atoms with Crippen LogP contribution < -0.4 is 15.8 Å². The third-order valence-electron chi connectivity index (χ3n) is 3.98. The van der Waals surface area contributed by atoms with Crippen LogP contribution in [0.3, 0.4) is 0 Å². The van der Waals surface area contributed by atoms with E-state index in [9.17, 15) is 0 Å². The van der Waals surface area contributed by atoms with Gasteiger partial charge in [0.25, 0.3) is 0 Å². The predicted molar refractivity (Wildman–Crippen MR) is 81.1 cm³/mol. The summed E-state index contributed by atoms with van der Waals surface area (Å²) in [6.07, 6.45) is 3.57. The Morgan fingerprint density at radius 2 is 2.15 bits per heavy atom. The lowest BCUT2D eigenvalue weighted by molar-refractivity contribution is 0.102. The van der Waals surface area contributed by atoms with Gasteiger partial charge in [0, 0.05) is 25.2 Å². The molecule has 1 aromatic rings. The maximum atomic E-state index is 5.97. The van der Waals surface area contributed by atoms with Gasteiger partial charge < -0.3 is 20.5 Å². The molecule has 4 heteroatoms. The Labute approximate surface area is 121 Å². The predicted octanol–water partition coefficient (Wildman–Crippen LogP) is 1.72. The molecule has 0 spiro atoms. The molecule has 2 unspecified atom stereocenters. The topological polar surface area (TPSA) is 56.5 Å². The first-order valence-electron chi connectivity index (χ1n) is 7.35. The lowest BCUT2D eigenvalue weighted by Crippen LogP contribution is -2.52. The minimum atomic E-state index is -0.0967. The molecule has 112 valence electrons. The van der Waals surface area contributed by atoms with Gasteiger partial charge in [0.1, 0.15) is 5.75 Å². The van der Waals surface area contributed by atoms with Gasteiger partial charge in [-0.15, -0.1) is 0 Å². The van der Waals surface area contributed by atoms with Gasteiger partial charge in [-0.25, -0.2) is 0 Å². The fraction of sp³-hybridized carbons (Fsp3) is 0.625. The van der Waals surface area contributed by atoms with E-state index in [2.05, 4.69) is 24.4 Å². The van der Waals surface area contributed by atoms with E-state index in [0.29, 0.717) is 12.6 Å². The second kappa shape index (κ2) is 7.07. The number of benzene rings is 1. The lowest BCUT2D eigenvalue weighted by atomic mass is 9.92. The molecule has 1 heterocycles. The Morgan fingerprint density at radius 3 is 2.70 bits per heavy atom. The van der Waals surface area contributed by atoms with Gasteiger partial charge in [-0.05, 0) is 43.9 Å². The van der Waals surface area contributed by atoms with Crippen molar-refractivity contribution in [3.63, 3.8) is 0 Å². The highest BCUT2D eigenvalue weighted by Gasteiger charge is 2.25. The normalized spacial score (nSPS) is 21.6. The van der Waals surface area contributed by atoms with E-state index >= 15 is 0 Å². The van der Waals surface area contributed by atoms with Crippen LogP contribution in [0.2, 0.25) is 0 Å². The zero-order chi connectivity index (χ0) is 14.4. The van der Waals surface area contributed by atoms with Crippen LogP contribution in [0.4, 0.5) is 0 Å². The average molecular weight is 278 g/mol. The van der Waals surface area contributed by atoms with Crippen LogP contribution in [0.15, 0.2) is 24.3 Å². The Morgan fingerprint density at radius 1 is 1.40 bits per heavy atom. The highest BCUT2D eigenvalue weighted by Crippen LogP contribution is 2.18. The van der Waals surface area contributed by atoms with E-state index < -0.39 is 0 Å². The van der Waals surface area contributed by atoms with Crippen LogP contribution in [0.25, 0.3) is 0 Å². The smallest absolute Gasteiger partial charge is 0.118 e. The highest BCUT2D eigenvalue weighted by atomic mass is 16.5. The van der Waals surface area contributed by atoms with Crippen LogP contribution in [0.5, 0.6) is 5.75 Å². The van der Waals surface area contributed by atoms with Crippen LogP contribution in [-0.2, 0) is 11.2 Å². The molecule has 1 aliphatic heterocycles. The van der Waals surface area contributed by atoms with Crippen molar-refractivity contribution in [2.45, 2.75) is 37.8 Å². The number of nitrogens with two attached hydrogens (primary N) is 1. The number of hydrogen-bond acceptors (Lipinski definition) is 4. The molecule has 0 amide bonds. The van der Waals surface area contributed by atoms with Gasteiger partial charge in [-0.2, -0.15) is 0 Å². The largest absolute Gasteiger partial charge is 0.497 e. The second-order valence-corrected chi connectivity index (χ2v) is 5.81. The summed E-state index contributed by atoms with van der Waals surface area (Å²) in [5.41, 5.74) is 7.13. The molecule has 1 fully saturated rings. The van der Waals surface area contributed by atoms with Crippen LogP contribution >= 0.6 is 0 Å². The molecule has 2 rings (SSSR count). The van der Waals surface area contributed by atoms with Gasteiger partial charge in [-0.3, -0.25) is 0 Å². The number of ether oxygens (including phenoxy) is 2. The average Bonchev–Trinajstić information content (AvgIpc) is 2.99. The number of hydrogen-bond donors (Lipinski definition) is 2. The van der Waals surface area contributed by atoms with Crippen molar-refractivity contribution in [3.8, 4) is 5.75 Å². The maximum absolute atomic E-state index is 5.97. The zero-order valence-electron chi connectivity index (χ0n) is 12.5. The van der Waals surface area contributed by atoms with Crippen LogP contribution in [0.1, 0.15) is 25.3 Å². The van der Waals surface area contributed by atoms with E-state index in [4.69, 9.17) is 15.2 Å². The van der Waals surface area contributed by atoms with Crippen molar-refractivity contribution in [2.24, 2.45) is 5.73 Å². The van der Waals surface area contributed by atoms with Crippen molar-refractivity contribution in [3.05, 3.63) is 29.8 Å². The summed E-state index contributed by atoms with van der Waals surface area (Å²) in [4.78, 5) is 0. The molecule has 20 heavy (non-hydrogen) atoms. The van der Waals surface area contributed by atoms with Crippen molar-refractivity contribution < 1.29 is 9.47 Å². The van der Waals surface area contributed by atoms with Crippen molar-refractivity contribution in [1.82, 2.24) is 5.32 Å². The first kappa shape index (κ1) is 15.3. The summed E-state index contributed by atoms with van der Waals surface area (Å²) in [7, 11) is 1.68. The van der Waals surface area contributed by atoms with E-state index in [1.165, 1.54) is 12.0 Å². The molecule has 0 saturated carbocycles. The molecular formula is C16H26N2O2. The molecular weight excluding hydrogens is 252 g/mol. The monoisotopic (exact) mass is 278 g/mol. The van der Waals surface area contributed by atoms with E-state index in [1.807, 2.05) is 12.1 Å². The fourth-order valence-electron chi connectivity index (χ4n) is 2.57. The lowest BCUT2D eigenvalue weighted by Gasteiger charge is -2.31. The highest BCUT2D eigenvalue weighted by molar-refractivity contribution is 5.28. The molecule has 2 atom stereocenters. The third-order valence-corrected chi connectivity index (χ3v) is 3.98. The van der Waals surface area contributed by atoms with Gasteiger partial charge >= 0.3 is 0 Å². The molecule has 1 aliphatic rings. The first-order valence-corrected chi connectivity index (χ1v) is 7.35. The molecule has 3 N–H and O–H groups in total. The summed E-state index contributed by atoms with van der Waals surface area (Å²) < 4.78 is 10.8. The Kier molecular flexibility index (Phi) is 5.40. The number of rotatable bonds is 7. The molecule has 0 aromatic heterocycles. The quantitative estimate of drug-likeness (QED) is 0.797. The summed E-state index contributed by atoms with van der Waals surface area (Å²) in [5, 5.41) is 3.58. The Hall–Kier alpha value is -1.10. The third kappa shape index (κ3) is 4.20. The van der Waals surface area contributed by atoms with Gasteiger partial charge in [0.15, 0.2) is 0 Å². The van der Waals surface area contributed by atoms with Crippen molar-refractivity contribution in [2.75, 3.05) is 26.8 Å². The molecule has 0 aliphatic carbocycles. The van der Waals surface area contributed by atoms with E-state index in [-0.39, 0.29) is 5.54 Å². The van der Waals surface area contributed by atoms with Gasteiger partial charge in [0.05, 0.1) is 13.2 Å². The van der Waals surface area contributed by atoms with E-state index in [0.717, 1.165) is 31.7 Å². The Balaban J connectivity index is 1.90. The summed E-state index contributed by atoms with van der Waals surface area (Å²) >= 11 is 0. The number of nitrogens with one attached hydrogen (secondary N) is 1. The van der Waals surface area contributed by atoms with Gasteiger partial charge in [-0.1, -0.05) is 12.1 Å². The number of methoxy groups -OCH3 is 1. The Bertz CT molecular complexity index is 401. The molecule has 4 nitrogen and oxygen atoms in total. The second-order valence-electron chi connectivity index (χ2n) is 5.81. The van der Waals surface area contributed by atoms with E-state index in [1.54, 1.807) is 7.11 Å². The van der Waals surface area contributed by atoms with Crippen molar-refractivity contribution >= 4 is 0 Å². The molecule has 0 bridgehead atoms. The van der Waals surface area contributed by atoms with Crippen molar-refractivity contribution in [1.29, 1.82) is 0 Å². The molecule has 1 saturated heterocycles. The summed E-state index contributed by atoms with van der Waals surface area (Å²) in [6, 6.07) is 8.18. The minimum absolute atomic E-state index is 0.0967.